The summed E-state index contributed by atoms with van der Waals surface area (Å²) in [6.07, 6.45) is 0. The minimum Gasteiger partial charge on any atom is -0.497 e. The van der Waals surface area contributed by atoms with E-state index in [1.807, 2.05) is 35.7 Å². The van der Waals surface area contributed by atoms with E-state index in [4.69, 9.17) is 4.74 Å². The Balaban J connectivity index is 1.79. The van der Waals surface area contributed by atoms with Crippen LogP contribution in [0.3, 0.4) is 0 Å². The first kappa shape index (κ1) is 15.6. The fourth-order valence-corrected chi connectivity index (χ4v) is 3.40. The highest BCUT2D eigenvalue weighted by atomic mass is 32.1. The van der Waals surface area contributed by atoms with Gasteiger partial charge >= 0.3 is 0 Å². The van der Waals surface area contributed by atoms with E-state index in [0.717, 1.165) is 5.69 Å². The molecule has 0 N–H and O–H groups in total. The van der Waals surface area contributed by atoms with Crippen molar-refractivity contribution in [2.45, 2.75) is 13.0 Å². The molecule has 0 spiro atoms. The molecule has 1 aliphatic heterocycles. The second-order valence-corrected chi connectivity index (χ2v) is 6.29. The highest BCUT2D eigenvalue weighted by molar-refractivity contribution is 7.12. The lowest BCUT2D eigenvalue weighted by atomic mass is 10.1. The summed E-state index contributed by atoms with van der Waals surface area (Å²) in [5, 5.41) is 1.87. The topological polar surface area (TPSA) is 49.9 Å². The zero-order valence-corrected chi connectivity index (χ0v) is 13.9. The van der Waals surface area contributed by atoms with E-state index in [1.165, 1.54) is 11.3 Å². The third-order valence-corrected chi connectivity index (χ3v) is 4.87. The SMILES string of the molecule is COc1cccc(N2CCN(C(=O)c3cccs3)[C@H](C)C2=O)c1. The Bertz CT molecular complexity index is 714. The largest absolute Gasteiger partial charge is 0.497 e. The number of thiophene rings is 1. The quantitative estimate of drug-likeness (QED) is 0.869. The monoisotopic (exact) mass is 330 g/mol. The molecule has 1 aromatic heterocycles. The summed E-state index contributed by atoms with van der Waals surface area (Å²) in [5.41, 5.74) is 0.796. The van der Waals surface area contributed by atoms with Crippen LogP contribution in [0.2, 0.25) is 0 Å². The second-order valence-electron chi connectivity index (χ2n) is 5.34. The smallest absolute Gasteiger partial charge is 0.264 e. The summed E-state index contributed by atoms with van der Waals surface area (Å²) in [6, 6.07) is 10.6. The van der Waals surface area contributed by atoms with Crippen molar-refractivity contribution in [2.24, 2.45) is 0 Å². The van der Waals surface area contributed by atoms with Gasteiger partial charge in [0.2, 0.25) is 5.91 Å². The molecule has 1 aliphatic rings. The standard InChI is InChI=1S/C17H18N2O3S/c1-12-16(20)19(13-5-3-6-14(11-13)22-2)9-8-18(12)17(21)15-7-4-10-23-15/h3-7,10-12H,8-9H2,1-2H3/t12-/m1/s1. The minimum atomic E-state index is -0.482. The van der Waals surface area contributed by atoms with Crippen LogP contribution >= 0.6 is 11.3 Å². The molecule has 3 rings (SSSR count). The molecule has 2 amide bonds. The lowest BCUT2D eigenvalue weighted by Crippen LogP contribution is -2.57. The van der Waals surface area contributed by atoms with E-state index in [1.54, 1.807) is 29.9 Å². The number of anilines is 1. The van der Waals surface area contributed by atoms with Gasteiger partial charge in [0.25, 0.3) is 5.91 Å². The molecule has 1 atom stereocenters. The molecule has 1 aromatic carbocycles. The van der Waals surface area contributed by atoms with Crippen molar-refractivity contribution in [3.63, 3.8) is 0 Å². The molecule has 0 radical (unpaired) electrons. The van der Waals surface area contributed by atoms with Crippen molar-refractivity contribution in [3.8, 4) is 5.75 Å². The van der Waals surface area contributed by atoms with Gasteiger partial charge in [-0.2, -0.15) is 0 Å². The van der Waals surface area contributed by atoms with Gasteiger partial charge in [0, 0.05) is 24.8 Å². The van der Waals surface area contributed by atoms with Crippen molar-refractivity contribution >= 4 is 28.8 Å². The highest BCUT2D eigenvalue weighted by Gasteiger charge is 2.35. The number of hydrogen-bond donors (Lipinski definition) is 0. The fourth-order valence-electron chi connectivity index (χ4n) is 2.72. The Morgan fingerprint density at radius 1 is 1.26 bits per heavy atom. The average molecular weight is 330 g/mol. The molecule has 6 heteroatoms. The number of hydrogen-bond acceptors (Lipinski definition) is 4. The number of methoxy groups -OCH3 is 1. The maximum atomic E-state index is 12.7. The van der Waals surface area contributed by atoms with Crippen LogP contribution < -0.4 is 9.64 Å². The van der Waals surface area contributed by atoms with Crippen molar-refractivity contribution in [1.29, 1.82) is 0 Å². The molecule has 120 valence electrons. The van der Waals surface area contributed by atoms with Gasteiger partial charge in [0.15, 0.2) is 0 Å². The number of carbonyl (C=O) groups excluding carboxylic acids is 2. The zero-order valence-electron chi connectivity index (χ0n) is 13.1. The van der Waals surface area contributed by atoms with Crippen molar-refractivity contribution < 1.29 is 14.3 Å². The highest BCUT2D eigenvalue weighted by Crippen LogP contribution is 2.25. The van der Waals surface area contributed by atoms with Crippen LogP contribution in [0.25, 0.3) is 0 Å². The number of piperazine rings is 1. The van der Waals surface area contributed by atoms with Crippen molar-refractivity contribution in [3.05, 3.63) is 46.7 Å². The lowest BCUT2D eigenvalue weighted by molar-refractivity contribution is -0.124. The Kier molecular flexibility index (Phi) is 4.34. The van der Waals surface area contributed by atoms with Crippen molar-refractivity contribution in [2.75, 3.05) is 25.1 Å². The van der Waals surface area contributed by atoms with E-state index < -0.39 is 6.04 Å². The van der Waals surface area contributed by atoms with Gasteiger partial charge in [-0.05, 0) is 30.5 Å². The van der Waals surface area contributed by atoms with Gasteiger partial charge in [-0.3, -0.25) is 9.59 Å². The molecule has 23 heavy (non-hydrogen) atoms. The summed E-state index contributed by atoms with van der Waals surface area (Å²) in [4.78, 5) is 29.2. The maximum Gasteiger partial charge on any atom is 0.264 e. The van der Waals surface area contributed by atoms with Crippen LogP contribution in [-0.2, 0) is 4.79 Å². The van der Waals surface area contributed by atoms with E-state index in [2.05, 4.69) is 0 Å². The summed E-state index contributed by atoms with van der Waals surface area (Å²) in [6.45, 7) is 2.77. The molecule has 2 heterocycles. The Morgan fingerprint density at radius 3 is 2.78 bits per heavy atom. The Hall–Kier alpha value is -2.34. The average Bonchev–Trinajstić information content (AvgIpc) is 3.11. The molecular weight excluding hydrogens is 312 g/mol. The third kappa shape index (κ3) is 2.94. The normalized spacial score (nSPS) is 18.2. The molecular formula is C17H18N2O3S. The molecule has 0 bridgehead atoms. The molecule has 2 aromatic rings. The van der Waals surface area contributed by atoms with E-state index in [-0.39, 0.29) is 11.8 Å². The molecule has 0 saturated carbocycles. The van der Waals surface area contributed by atoms with Gasteiger partial charge in [0.1, 0.15) is 11.8 Å². The summed E-state index contributed by atoms with van der Waals surface area (Å²) >= 11 is 1.40. The van der Waals surface area contributed by atoms with Crippen LogP contribution in [0.4, 0.5) is 5.69 Å². The molecule has 1 saturated heterocycles. The van der Waals surface area contributed by atoms with Crippen LogP contribution in [0.5, 0.6) is 5.75 Å². The second kappa shape index (κ2) is 6.42. The van der Waals surface area contributed by atoms with Crippen molar-refractivity contribution in [1.82, 2.24) is 4.90 Å². The van der Waals surface area contributed by atoms with E-state index in [0.29, 0.717) is 23.7 Å². The molecule has 0 unspecified atom stereocenters. The Morgan fingerprint density at radius 2 is 2.09 bits per heavy atom. The predicted octanol–water partition coefficient (Wildman–Crippen LogP) is 2.63. The maximum absolute atomic E-state index is 12.7. The number of ether oxygens (including phenoxy) is 1. The molecule has 1 fully saturated rings. The van der Waals surface area contributed by atoms with E-state index >= 15 is 0 Å². The molecule has 5 nitrogen and oxygen atoms in total. The van der Waals surface area contributed by atoms with Gasteiger partial charge in [-0.25, -0.2) is 0 Å². The first-order valence-electron chi connectivity index (χ1n) is 7.41. The van der Waals surface area contributed by atoms with Crippen LogP contribution in [0.15, 0.2) is 41.8 Å². The Labute approximate surface area is 139 Å². The fraction of sp³-hybridized carbons (Fsp3) is 0.294. The zero-order chi connectivity index (χ0) is 16.4. The number of rotatable bonds is 3. The number of benzene rings is 1. The van der Waals surface area contributed by atoms with Gasteiger partial charge < -0.3 is 14.5 Å². The van der Waals surface area contributed by atoms with Crippen LogP contribution in [-0.4, -0.2) is 43.0 Å². The summed E-state index contributed by atoms with van der Waals surface area (Å²) in [5.74, 6) is 0.556. The van der Waals surface area contributed by atoms with Gasteiger partial charge in [-0.1, -0.05) is 12.1 Å². The van der Waals surface area contributed by atoms with E-state index in [9.17, 15) is 9.59 Å². The summed E-state index contributed by atoms with van der Waals surface area (Å²) < 4.78 is 5.21. The molecule has 0 aliphatic carbocycles. The number of amides is 2. The van der Waals surface area contributed by atoms with Crippen LogP contribution in [0, 0.1) is 0 Å². The number of carbonyl (C=O) groups is 2. The van der Waals surface area contributed by atoms with Gasteiger partial charge in [0.05, 0.1) is 12.0 Å². The lowest BCUT2D eigenvalue weighted by Gasteiger charge is -2.39. The number of nitrogens with zero attached hydrogens (tertiary/aromatic N) is 2. The summed E-state index contributed by atoms with van der Waals surface area (Å²) in [7, 11) is 1.60. The third-order valence-electron chi connectivity index (χ3n) is 4.01. The first-order valence-corrected chi connectivity index (χ1v) is 8.29. The van der Waals surface area contributed by atoms with Crippen LogP contribution in [0.1, 0.15) is 16.6 Å². The minimum absolute atomic E-state index is 0.0746. The predicted molar refractivity (Wildman–Crippen MR) is 90.2 cm³/mol. The van der Waals surface area contributed by atoms with Gasteiger partial charge in [-0.15, -0.1) is 11.3 Å². The first-order chi connectivity index (χ1) is 11.1.